The number of ketones is 1. The first-order valence-electron chi connectivity index (χ1n) is 6.46. The summed E-state index contributed by atoms with van der Waals surface area (Å²) in [4.78, 5) is 11.6. The zero-order valence-electron chi connectivity index (χ0n) is 12.1. The van der Waals surface area contributed by atoms with Gasteiger partial charge < -0.3 is 9.84 Å². The Balaban J connectivity index is 2.22. The molecule has 0 saturated carbocycles. The molecule has 0 radical (unpaired) electrons. The second-order valence-corrected chi connectivity index (χ2v) is 7.05. The third-order valence-corrected chi connectivity index (χ3v) is 3.88. The van der Waals surface area contributed by atoms with E-state index >= 15 is 0 Å². The van der Waals surface area contributed by atoms with E-state index in [0.717, 1.165) is 6.26 Å². The van der Waals surface area contributed by atoms with Crippen LogP contribution in [0, 0.1) is 0 Å². The summed E-state index contributed by atoms with van der Waals surface area (Å²) in [5.41, 5.74) is 0.704. The molecule has 23 heavy (non-hydrogen) atoms. The minimum Gasteiger partial charge on any atom is -0.504 e. The predicted octanol–water partition coefficient (Wildman–Crippen LogP) is 3.13. The first-order valence-corrected chi connectivity index (χ1v) is 9.47. The number of phenolic OH excluding ortho intramolecular Hbond substituents is 1. The van der Waals surface area contributed by atoms with Gasteiger partial charge in [0.1, 0.15) is 5.75 Å². The number of Topliss-reactive ketones (excluding diaryl/α,β-unsaturated/α-hetero) is 1. The molecule has 0 aliphatic rings. The normalized spacial score (nSPS) is 11.0. The molecule has 0 atom stereocenters. The molecule has 0 saturated heterocycles. The fraction of sp³-hybridized carbons (Fsp3) is 0.133. The lowest BCUT2D eigenvalue weighted by molar-refractivity contribution is 0.102. The van der Waals surface area contributed by atoms with Crippen molar-refractivity contribution in [2.45, 2.75) is 0 Å². The molecule has 2 rings (SSSR count). The Kier molecular flexibility index (Phi) is 5.27. The first kappa shape index (κ1) is 17.3. The number of hydrogen-bond donors (Lipinski definition) is 2. The minimum atomic E-state index is -3.43. The van der Waals surface area contributed by atoms with Crippen molar-refractivity contribution in [3.8, 4) is 17.2 Å². The van der Waals surface area contributed by atoms with Gasteiger partial charge in [-0.15, -0.1) is 0 Å². The molecule has 2 N–H and O–H groups in total. The maximum Gasteiger partial charge on any atom is 0.229 e. The smallest absolute Gasteiger partial charge is 0.229 e. The van der Waals surface area contributed by atoms with Crippen LogP contribution in [0.2, 0.25) is 0 Å². The Morgan fingerprint density at radius 3 is 2.61 bits per heavy atom. The van der Waals surface area contributed by atoms with E-state index in [-0.39, 0.29) is 28.3 Å². The van der Waals surface area contributed by atoms with Gasteiger partial charge in [0, 0.05) is 11.6 Å². The number of halogens is 1. The van der Waals surface area contributed by atoms with Gasteiger partial charge >= 0.3 is 0 Å². The van der Waals surface area contributed by atoms with Crippen LogP contribution in [0.3, 0.4) is 0 Å². The number of ether oxygens (including phenoxy) is 1. The molecule has 122 valence electrons. The van der Waals surface area contributed by atoms with Gasteiger partial charge in [0.2, 0.25) is 10.0 Å². The Labute approximate surface area is 142 Å². The Bertz CT molecular complexity index is 836. The highest BCUT2D eigenvalue weighted by atomic mass is 79.9. The summed E-state index contributed by atoms with van der Waals surface area (Å²) in [7, 11) is -3.43. The van der Waals surface area contributed by atoms with Crippen molar-refractivity contribution < 1.29 is 23.1 Å². The van der Waals surface area contributed by atoms with Crippen molar-refractivity contribution in [2.24, 2.45) is 0 Å². The second kappa shape index (κ2) is 7.01. The van der Waals surface area contributed by atoms with Gasteiger partial charge in [-0.05, 0) is 24.3 Å². The number of alkyl halides is 1. The third-order valence-electron chi connectivity index (χ3n) is 2.77. The molecular formula is C15H14BrNO5S. The van der Waals surface area contributed by atoms with Crippen LogP contribution in [-0.2, 0) is 10.0 Å². The van der Waals surface area contributed by atoms with Crippen LogP contribution in [0.4, 0.5) is 5.69 Å². The van der Waals surface area contributed by atoms with E-state index in [2.05, 4.69) is 20.7 Å². The summed E-state index contributed by atoms with van der Waals surface area (Å²) in [6.45, 7) is 0. The van der Waals surface area contributed by atoms with Crippen LogP contribution < -0.4 is 9.46 Å². The summed E-state index contributed by atoms with van der Waals surface area (Å²) in [5.74, 6) is 0.214. The van der Waals surface area contributed by atoms with Gasteiger partial charge in [-0.25, -0.2) is 8.42 Å². The average Bonchev–Trinajstić information content (AvgIpc) is 2.48. The molecule has 0 aliphatic carbocycles. The van der Waals surface area contributed by atoms with E-state index in [0.29, 0.717) is 11.3 Å². The maximum atomic E-state index is 11.6. The molecule has 0 amide bonds. The monoisotopic (exact) mass is 399 g/mol. The number of anilines is 1. The van der Waals surface area contributed by atoms with Crippen LogP contribution >= 0.6 is 15.9 Å². The number of sulfonamides is 1. The quantitative estimate of drug-likeness (QED) is 0.574. The highest BCUT2D eigenvalue weighted by Crippen LogP contribution is 2.33. The van der Waals surface area contributed by atoms with E-state index in [1.165, 1.54) is 18.2 Å². The van der Waals surface area contributed by atoms with Gasteiger partial charge in [0.25, 0.3) is 0 Å². The highest BCUT2D eigenvalue weighted by Gasteiger charge is 2.10. The van der Waals surface area contributed by atoms with Crippen molar-refractivity contribution in [1.29, 1.82) is 0 Å². The molecule has 0 spiro atoms. The Hall–Kier alpha value is -2.06. The van der Waals surface area contributed by atoms with E-state index < -0.39 is 10.0 Å². The molecule has 0 bridgehead atoms. The van der Waals surface area contributed by atoms with E-state index in [9.17, 15) is 18.3 Å². The van der Waals surface area contributed by atoms with Crippen LogP contribution in [0.5, 0.6) is 17.2 Å². The van der Waals surface area contributed by atoms with Gasteiger partial charge in [-0.1, -0.05) is 28.1 Å². The molecule has 8 heteroatoms. The zero-order chi connectivity index (χ0) is 17.0. The molecule has 0 unspecified atom stereocenters. The van der Waals surface area contributed by atoms with Gasteiger partial charge in [-0.3, -0.25) is 9.52 Å². The van der Waals surface area contributed by atoms with Gasteiger partial charge in [-0.2, -0.15) is 0 Å². The van der Waals surface area contributed by atoms with E-state index in [1.807, 2.05) is 0 Å². The summed E-state index contributed by atoms with van der Waals surface area (Å²) in [6.07, 6.45) is 1.01. The molecular weight excluding hydrogens is 386 g/mol. The molecule has 0 heterocycles. The van der Waals surface area contributed by atoms with Crippen LogP contribution in [0.1, 0.15) is 10.4 Å². The van der Waals surface area contributed by atoms with E-state index in [1.54, 1.807) is 24.3 Å². The molecule has 0 aromatic heterocycles. The fourth-order valence-corrected chi connectivity index (χ4v) is 2.70. The predicted molar refractivity (Wildman–Crippen MR) is 91.2 cm³/mol. The van der Waals surface area contributed by atoms with E-state index in [4.69, 9.17) is 4.74 Å². The number of nitrogens with one attached hydrogen (secondary N) is 1. The summed E-state index contributed by atoms with van der Waals surface area (Å²) in [6, 6.07) is 10.7. The molecule has 0 aliphatic heterocycles. The van der Waals surface area contributed by atoms with Crippen molar-refractivity contribution in [1.82, 2.24) is 0 Å². The summed E-state index contributed by atoms with van der Waals surface area (Å²) >= 11 is 3.10. The molecule has 0 fully saturated rings. The number of aromatic hydroxyl groups is 1. The van der Waals surface area contributed by atoms with Gasteiger partial charge in [0.15, 0.2) is 17.3 Å². The lowest BCUT2D eigenvalue weighted by Gasteiger charge is -2.10. The summed E-state index contributed by atoms with van der Waals surface area (Å²) < 4.78 is 30.1. The van der Waals surface area contributed by atoms with Crippen molar-refractivity contribution in [3.63, 3.8) is 0 Å². The number of rotatable bonds is 6. The van der Waals surface area contributed by atoms with Crippen molar-refractivity contribution in [2.75, 3.05) is 16.3 Å². The van der Waals surface area contributed by atoms with Crippen LogP contribution in [-0.4, -0.2) is 30.9 Å². The molecule has 2 aromatic carbocycles. The maximum absolute atomic E-state index is 11.6. The van der Waals surface area contributed by atoms with Crippen molar-refractivity contribution >= 4 is 37.4 Å². The lowest BCUT2D eigenvalue weighted by atomic mass is 10.1. The molecule has 6 nitrogen and oxygen atoms in total. The van der Waals surface area contributed by atoms with Crippen LogP contribution in [0.25, 0.3) is 0 Å². The average molecular weight is 400 g/mol. The Morgan fingerprint density at radius 2 is 2.00 bits per heavy atom. The fourth-order valence-electron chi connectivity index (χ4n) is 1.82. The largest absolute Gasteiger partial charge is 0.504 e. The Morgan fingerprint density at radius 1 is 1.26 bits per heavy atom. The number of carbonyl (C=O) groups is 1. The first-order chi connectivity index (χ1) is 10.8. The SMILES string of the molecule is CS(=O)(=O)Nc1ccc(Oc2cccc(C(=O)CBr)c2)c(O)c1. The number of hydrogen-bond acceptors (Lipinski definition) is 5. The van der Waals surface area contributed by atoms with Crippen LogP contribution in [0.15, 0.2) is 42.5 Å². The van der Waals surface area contributed by atoms with Gasteiger partial charge in [0.05, 0.1) is 17.3 Å². The second-order valence-electron chi connectivity index (χ2n) is 4.74. The summed E-state index contributed by atoms with van der Waals surface area (Å²) in [5, 5.41) is 10.1. The number of carbonyl (C=O) groups excluding carboxylic acids is 1. The third kappa shape index (κ3) is 4.97. The number of benzene rings is 2. The highest BCUT2D eigenvalue weighted by molar-refractivity contribution is 9.09. The zero-order valence-corrected chi connectivity index (χ0v) is 14.5. The molecule has 2 aromatic rings. The topological polar surface area (TPSA) is 92.7 Å². The lowest BCUT2D eigenvalue weighted by Crippen LogP contribution is -2.09. The minimum absolute atomic E-state index is 0.0904. The number of phenols is 1. The standard InChI is InChI=1S/C15H14BrNO5S/c1-23(20,21)17-11-5-6-15(13(18)8-11)22-12-4-2-3-10(7-12)14(19)9-16/h2-8,17-18H,9H2,1H3. The van der Waals surface area contributed by atoms with Crippen molar-refractivity contribution in [3.05, 3.63) is 48.0 Å².